The molecule has 0 radical (unpaired) electrons. The van der Waals surface area contributed by atoms with E-state index in [1.807, 2.05) is 0 Å². The Morgan fingerprint density at radius 3 is 3.13 bits per heavy atom. The molecule has 1 aromatic heterocycles. The fourth-order valence-electron chi connectivity index (χ4n) is 2.07. The summed E-state index contributed by atoms with van der Waals surface area (Å²) in [5, 5.41) is 3.90. The zero-order valence-corrected chi connectivity index (χ0v) is 9.15. The van der Waals surface area contributed by atoms with Crippen molar-refractivity contribution in [3.63, 3.8) is 0 Å². The van der Waals surface area contributed by atoms with Gasteiger partial charge >= 0.3 is 0 Å². The molecule has 2 rings (SSSR count). The van der Waals surface area contributed by atoms with Gasteiger partial charge in [0.25, 0.3) is 0 Å². The highest BCUT2D eigenvalue weighted by atomic mass is 16.5. The van der Waals surface area contributed by atoms with Crippen LogP contribution in [0.15, 0.2) is 4.52 Å². The summed E-state index contributed by atoms with van der Waals surface area (Å²) in [5.74, 6) is 2.05. The average Bonchev–Trinajstić information content (AvgIpc) is 2.65. The summed E-state index contributed by atoms with van der Waals surface area (Å²) in [4.78, 5) is 6.58. The molecule has 0 amide bonds. The summed E-state index contributed by atoms with van der Waals surface area (Å²) >= 11 is 0. The van der Waals surface area contributed by atoms with Crippen LogP contribution in [0, 0.1) is 5.92 Å². The lowest BCUT2D eigenvalue weighted by Gasteiger charge is -2.29. The third-order valence-corrected chi connectivity index (χ3v) is 2.79. The van der Waals surface area contributed by atoms with Gasteiger partial charge in [-0.2, -0.15) is 4.98 Å². The maximum Gasteiger partial charge on any atom is 0.240 e. The van der Waals surface area contributed by atoms with E-state index in [4.69, 9.17) is 10.3 Å². The van der Waals surface area contributed by atoms with E-state index in [0.717, 1.165) is 31.4 Å². The molecule has 1 aliphatic rings. The molecule has 0 bridgehead atoms. The second-order valence-electron chi connectivity index (χ2n) is 4.29. The first-order chi connectivity index (χ1) is 7.28. The standard InChI is InChI=1S/C10H18N4O/c1-8-3-2-4-14(6-8)7-9-12-10(5-11)15-13-9/h8H,2-7,11H2,1H3. The van der Waals surface area contributed by atoms with Crippen LogP contribution >= 0.6 is 0 Å². The topological polar surface area (TPSA) is 68.2 Å². The van der Waals surface area contributed by atoms with Gasteiger partial charge in [0.15, 0.2) is 5.82 Å². The van der Waals surface area contributed by atoms with Gasteiger partial charge in [-0.05, 0) is 25.3 Å². The van der Waals surface area contributed by atoms with E-state index in [2.05, 4.69) is 22.0 Å². The van der Waals surface area contributed by atoms with Crippen LogP contribution in [0.5, 0.6) is 0 Å². The van der Waals surface area contributed by atoms with Crippen molar-refractivity contribution in [1.82, 2.24) is 15.0 Å². The SMILES string of the molecule is CC1CCCN(Cc2noc(CN)n2)C1. The third kappa shape index (κ3) is 2.76. The summed E-state index contributed by atoms with van der Waals surface area (Å²) in [5.41, 5.74) is 5.41. The van der Waals surface area contributed by atoms with Gasteiger partial charge in [0, 0.05) is 6.54 Å². The monoisotopic (exact) mass is 210 g/mol. The van der Waals surface area contributed by atoms with E-state index in [0.29, 0.717) is 12.4 Å². The largest absolute Gasteiger partial charge is 0.338 e. The molecular weight excluding hydrogens is 192 g/mol. The summed E-state index contributed by atoms with van der Waals surface area (Å²) in [6.07, 6.45) is 2.60. The maximum atomic E-state index is 5.41. The molecule has 84 valence electrons. The van der Waals surface area contributed by atoms with Crippen LogP contribution in [0.2, 0.25) is 0 Å². The third-order valence-electron chi connectivity index (χ3n) is 2.79. The predicted octanol–water partition coefficient (Wildman–Crippen LogP) is 0.760. The van der Waals surface area contributed by atoms with Crippen LogP contribution in [-0.2, 0) is 13.1 Å². The van der Waals surface area contributed by atoms with Crippen LogP contribution in [-0.4, -0.2) is 28.1 Å². The number of likely N-dealkylation sites (tertiary alicyclic amines) is 1. The minimum atomic E-state index is 0.323. The number of nitrogens with two attached hydrogens (primary N) is 1. The van der Waals surface area contributed by atoms with Crippen LogP contribution in [0.25, 0.3) is 0 Å². The lowest BCUT2D eigenvalue weighted by Crippen LogP contribution is -2.34. The van der Waals surface area contributed by atoms with Crippen molar-refractivity contribution in [3.8, 4) is 0 Å². The Kier molecular flexibility index (Phi) is 3.33. The molecule has 1 aliphatic heterocycles. The van der Waals surface area contributed by atoms with Crippen LogP contribution in [0.3, 0.4) is 0 Å². The van der Waals surface area contributed by atoms with Gasteiger partial charge in [0.2, 0.25) is 5.89 Å². The fraction of sp³-hybridized carbons (Fsp3) is 0.800. The summed E-state index contributed by atoms with van der Waals surface area (Å²) in [6.45, 7) is 5.66. The van der Waals surface area contributed by atoms with E-state index < -0.39 is 0 Å². The molecule has 1 aromatic rings. The number of hydrogen-bond acceptors (Lipinski definition) is 5. The van der Waals surface area contributed by atoms with E-state index >= 15 is 0 Å². The van der Waals surface area contributed by atoms with Crippen molar-refractivity contribution < 1.29 is 4.52 Å². The minimum Gasteiger partial charge on any atom is -0.338 e. The zero-order chi connectivity index (χ0) is 10.7. The number of aromatic nitrogens is 2. The molecular formula is C10H18N4O. The zero-order valence-electron chi connectivity index (χ0n) is 9.15. The Balaban J connectivity index is 1.90. The van der Waals surface area contributed by atoms with Gasteiger partial charge in [0.05, 0.1) is 13.1 Å². The first-order valence-electron chi connectivity index (χ1n) is 5.52. The molecule has 1 unspecified atom stereocenters. The van der Waals surface area contributed by atoms with Gasteiger partial charge in [-0.1, -0.05) is 12.1 Å². The van der Waals surface area contributed by atoms with Crippen molar-refractivity contribution in [2.75, 3.05) is 13.1 Å². The second-order valence-corrected chi connectivity index (χ2v) is 4.29. The fourth-order valence-corrected chi connectivity index (χ4v) is 2.07. The van der Waals surface area contributed by atoms with Gasteiger partial charge < -0.3 is 10.3 Å². The van der Waals surface area contributed by atoms with Crippen molar-refractivity contribution in [2.45, 2.75) is 32.9 Å². The Morgan fingerprint density at radius 2 is 2.47 bits per heavy atom. The van der Waals surface area contributed by atoms with Gasteiger partial charge in [-0.25, -0.2) is 0 Å². The highest BCUT2D eigenvalue weighted by Gasteiger charge is 2.18. The van der Waals surface area contributed by atoms with Crippen LogP contribution in [0.1, 0.15) is 31.5 Å². The first kappa shape index (κ1) is 10.6. The molecule has 1 saturated heterocycles. The molecule has 5 heteroatoms. The number of piperidine rings is 1. The van der Waals surface area contributed by atoms with Gasteiger partial charge in [-0.3, -0.25) is 4.90 Å². The number of rotatable bonds is 3. The first-order valence-corrected chi connectivity index (χ1v) is 5.52. The van der Waals surface area contributed by atoms with Gasteiger partial charge in [-0.15, -0.1) is 0 Å². The van der Waals surface area contributed by atoms with Crippen molar-refractivity contribution in [1.29, 1.82) is 0 Å². The van der Waals surface area contributed by atoms with Crippen molar-refractivity contribution >= 4 is 0 Å². The molecule has 1 fully saturated rings. The maximum absolute atomic E-state index is 5.41. The van der Waals surface area contributed by atoms with Gasteiger partial charge in [0.1, 0.15) is 0 Å². The normalized spacial score (nSPS) is 23.2. The molecule has 2 N–H and O–H groups in total. The molecule has 2 heterocycles. The quantitative estimate of drug-likeness (QED) is 0.797. The van der Waals surface area contributed by atoms with Crippen molar-refractivity contribution in [2.24, 2.45) is 11.7 Å². The summed E-state index contributed by atoms with van der Waals surface area (Å²) in [6, 6.07) is 0. The minimum absolute atomic E-state index is 0.323. The van der Waals surface area contributed by atoms with Crippen molar-refractivity contribution in [3.05, 3.63) is 11.7 Å². The second kappa shape index (κ2) is 4.72. The van der Waals surface area contributed by atoms with Crippen LogP contribution < -0.4 is 5.73 Å². The van der Waals surface area contributed by atoms with Crippen LogP contribution in [0.4, 0.5) is 0 Å². The molecule has 15 heavy (non-hydrogen) atoms. The van der Waals surface area contributed by atoms with E-state index in [1.165, 1.54) is 12.8 Å². The Hall–Kier alpha value is -0.940. The molecule has 0 aromatic carbocycles. The number of nitrogens with zero attached hydrogens (tertiary/aromatic N) is 3. The molecule has 0 aliphatic carbocycles. The molecule has 5 nitrogen and oxygen atoms in total. The smallest absolute Gasteiger partial charge is 0.240 e. The molecule has 1 atom stereocenters. The molecule has 0 spiro atoms. The lowest BCUT2D eigenvalue weighted by molar-refractivity contribution is 0.171. The lowest BCUT2D eigenvalue weighted by atomic mass is 10.0. The summed E-state index contributed by atoms with van der Waals surface area (Å²) < 4.78 is 4.97. The number of hydrogen-bond donors (Lipinski definition) is 1. The Bertz CT molecular complexity index is 312. The Morgan fingerprint density at radius 1 is 1.60 bits per heavy atom. The molecule has 0 saturated carbocycles. The predicted molar refractivity (Wildman–Crippen MR) is 55.9 cm³/mol. The van der Waals surface area contributed by atoms with E-state index in [9.17, 15) is 0 Å². The highest BCUT2D eigenvalue weighted by molar-refractivity contribution is 4.86. The van der Waals surface area contributed by atoms with E-state index in [1.54, 1.807) is 0 Å². The Labute approximate surface area is 89.6 Å². The van der Waals surface area contributed by atoms with E-state index in [-0.39, 0.29) is 0 Å². The summed E-state index contributed by atoms with van der Waals surface area (Å²) in [7, 11) is 0. The average molecular weight is 210 g/mol. The highest BCUT2D eigenvalue weighted by Crippen LogP contribution is 2.16.